The van der Waals surface area contributed by atoms with Crippen LogP contribution in [0.25, 0.3) is 0 Å². The third-order valence-electron chi connectivity index (χ3n) is 0.655. The summed E-state index contributed by atoms with van der Waals surface area (Å²) in [5.41, 5.74) is 0. The van der Waals surface area contributed by atoms with E-state index in [1.807, 2.05) is 0 Å². The fourth-order valence-electron chi connectivity index (χ4n) is 0.393. The van der Waals surface area contributed by atoms with Gasteiger partial charge in [-0.1, -0.05) is 24.3 Å². The van der Waals surface area contributed by atoms with Crippen molar-refractivity contribution in [3.05, 3.63) is 24.3 Å². The Morgan fingerprint density at radius 2 is 1.50 bits per heavy atom. The normalized spacial score (nSPS) is 14.7. The van der Waals surface area contributed by atoms with Gasteiger partial charge in [0.15, 0.2) is 0 Å². The first-order valence-electron chi connectivity index (χ1n) is 1.82. The van der Waals surface area contributed by atoms with Gasteiger partial charge in [0.25, 0.3) is 0 Å². The van der Waals surface area contributed by atoms with E-state index in [0.29, 0.717) is 0 Å². The zero-order valence-electron chi connectivity index (χ0n) is 3.42. The van der Waals surface area contributed by atoms with Gasteiger partial charge in [0.2, 0.25) is 0 Å². The van der Waals surface area contributed by atoms with Crippen LogP contribution in [-0.4, -0.2) is 0 Å². The molecule has 0 amide bonds. The summed E-state index contributed by atoms with van der Waals surface area (Å²) in [7, 11) is 0. The Balaban J connectivity index is 0.000000250. The summed E-state index contributed by atoms with van der Waals surface area (Å²) in [6.45, 7) is 0. The lowest BCUT2D eigenvalue weighted by Gasteiger charge is -1.57. The van der Waals surface area contributed by atoms with Gasteiger partial charge in [0, 0.05) is 0 Å². The van der Waals surface area contributed by atoms with Crippen LogP contribution in [0.5, 0.6) is 0 Å². The zero-order valence-corrected chi connectivity index (χ0v) is 4.24. The first-order valence-corrected chi connectivity index (χ1v) is 1.82. The minimum atomic E-state index is 0. The highest BCUT2D eigenvalue weighted by Crippen LogP contribution is 1.93. The first kappa shape index (κ1) is 5.77. The molecule has 0 aliphatic heterocycles. The highest BCUT2D eigenvalue weighted by molar-refractivity contribution is 5.85. The SMILES string of the molecule is C1=CCC=C1.Cl. The molecule has 34 valence electrons. The molecule has 0 fully saturated rings. The average molecular weight is 103 g/mol. The molecule has 0 aromatic carbocycles. The number of allylic oxidation sites excluding steroid dienone is 4. The molecule has 6 heavy (non-hydrogen) atoms. The third-order valence-corrected chi connectivity index (χ3v) is 0.655. The summed E-state index contributed by atoms with van der Waals surface area (Å²) in [5, 5.41) is 0. The van der Waals surface area contributed by atoms with Crippen LogP contribution in [0.4, 0.5) is 0 Å². The second kappa shape index (κ2) is 2.98. The maximum absolute atomic E-state index is 2.12. The van der Waals surface area contributed by atoms with Gasteiger partial charge in [-0.15, -0.1) is 12.4 Å². The molecule has 0 aromatic rings. The van der Waals surface area contributed by atoms with E-state index >= 15 is 0 Å². The van der Waals surface area contributed by atoms with E-state index in [4.69, 9.17) is 0 Å². The van der Waals surface area contributed by atoms with E-state index in [1.54, 1.807) is 0 Å². The molecule has 0 nitrogen and oxygen atoms in total. The van der Waals surface area contributed by atoms with E-state index in [1.165, 1.54) is 0 Å². The molecule has 1 aliphatic rings. The molecule has 0 spiro atoms. The molecule has 0 aromatic heterocycles. The molecule has 0 saturated carbocycles. The van der Waals surface area contributed by atoms with Crippen LogP contribution in [0.3, 0.4) is 0 Å². The Labute approximate surface area is 44.0 Å². The number of halogens is 1. The smallest absolute Gasteiger partial charge is 0.0163 e. The summed E-state index contributed by atoms with van der Waals surface area (Å²) < 4.78 is 0. The second-order valence-electron chi connectivity index (χ2n) is 1.09. The van der Waals surface area contributed by atoms with Crippen molar-refractivity contribution >= 4 is 12.4 Å². The monoisotopic (exact) mass is 102 g/mol. The summed E-state index contributed by atoms with van der Waals surface area (Å²) >= 11 is 0. The van der Waals surface area contributed by atoms with Gasteiger partial charge in [0.1, 0.15) is 0 Å². The van der Waals surface area contributed by atoms with E-state index < -0.39 is 0 Å². The van der Waals surface area contributed by atoms with Crippen LogP contribution in [-0.2, 0) is 0 Å². The predicted octanol–water partition coefficient (Wildman–Crippen LogP) is 1.92. The van der Waals surface area contributed by atoms with E-state index in [0.717, 1.165) is 6.42 Å². The van der Waals surface area contributed by atoms with Crippen LogP contribution >= 0.6 is 12.4 Å². The number of hydrogen-bond acceptors (Lipinski definition) is 0. The Morgan fingerprint density at radius 3 is 1.67 bits per heavy atom. The zero-order chi connectivity index (χ0) is 3.54. The van der Waals surface area contributed by atoms with Crippen molar-refractivity contribution in [2.45, 2.75) is 6.42 Å². The number of hydrogen-bond donors (Lipinski definition) is 0. The lowest BCUT2D eigenvalue weighted by molar-refractivity contribution is 1.45. The van der Waals surface area contributed by atoms with Crippen molar-refractivity contribution in [1.82, 2.24) is 0 Å². The molecule has 0 radical (unpaired) electrons. The Morgan fingerprint density at radius 1 is 1.00 bits per heavy atom. The lowest BCUT2D eigenvalue weighted by Crippen LogP contribution is -1.37. The van der Waals surface area contributed by atoms with E-state index in [2.05, 4.69) is 24.3 Å². The predicted molar refractivity (Wildman–Crippen MR) is 30.1 cm³/mol. The molecule has 0 saturated heterocycles. The quantitative estimate of drug-likeness (QED) is 0.439. The lowest BCUT2D eigenvalue weighted by atomic mass is 10.5. The maximum atomic E-state index is 2.12. The average Bonchev–Trinajstić information content (AvgIpc) is 1.76. The van der Waals surface area contributed by atoms with Crippen molar-refractivity contribution in [3.8, 4) is 0 Å². The van der Waals surface area contributed by atoms with Crippen LogP contribution in [0.2, 0.25) is 0 Å². The summed E-state index contributed by atoms with van der Waals surface area (Å²) in [4.78, 5) is 0. The molecule has 0 N–H and O–H groups in total. The van der Waals surface area contributed by atoms with Crippen molar-refractivity contribution in [2.24, 2.45) is 0 Å². The highest BCUT2D eigenvalue weighted by Gasteiger charge is 1.72. The van der Waals surface area contributed by atoms with Gasteiger partial charge in [-0.05, 0) is 6.42 Å². The highest BCUT2D eigenvalue weighted by atomic mass is 35.5. The largest absolute Gasteiger partial charge is 0.147 e. The van der Waals surface area contributed by atoms with Gasteiger partial charge in [-0.3, -0.25) is 0 Å². The Hall–Kier alpha value is -0.230. The van der Waals surface area contributed by atoms with Crippen LogP contribution in [0, 0.1) is 0 Å². The fourth-order valence-corrected chi connectivity index (χ4v) is 0.393. The third kappa shape index (κ3) is 1.27. The maximum Gasteiger partial charge on any atom is -0.0163 e. The molecular weight excluding hydrogens is 95.5 g/mol. The Bertz CT molecular complexity index is 62.0. The molecular formula is C5H7Cl. The summed E-state index contributed by atoms with van der Waals surface area (Å²) in [6, 6.07) is 0. The molecule has 1 heteroatoms. The molecule has 0 atom stereocenters. The van der Waals surface area contributed by atoms with E-state index in [9.17, 15) is 0 Å². The summed E-state index contributed by atoms with van der Waals surface area (Å²) in [6.07, 6.45) is 9.50. The molecule has 1 aliphatic carbocycles. The van der Waals surface area contributed by atoms with Crippen molar-refractivity contribution < 1.29 is 0 Å². The van der Waals surface area contributed by atoms with Gasteiger partial charge in [0.05, 0.1) is 0 Å². The molecule has 0 heterocycles. The fraction of sp³-hybridized carbons (Fsp3) is 0.200. The summed E-state index contributed by atoms with van der Waals surface area (Å²) in [5.74, 6) is 0. The van der Waals surface area contributed by atoms with E-state index in [-0.39, 0.29) is 12.4 Å². The van der Waals surface area contributed by atoms with Gasteiger partial charge < -0.3 is 0 Å². The standard InChI is InChI=1S/C5H6.ClH/c1-2-4-5-3-1;/h1-4H,5H2;1H. The molecule has 1 rings (SSSR count). The topological polar surface area (TPSA) is 0 Å². The van der Waals surface area contributed by atoms with Crippen molar-refractivity contribution in [1.29, 1.82) is 0 Å². The number of rotatable bonds is 0. The molecule has 0 unspecified atom stereocenters. The van der Waals surface area contributed by atoms with Crippen molar-refractivity contribution in [3.63, 3.8) is 0 Å². The van der Waals surface area contributed by atoms with Crippen LogP contribution in [0.15, 0.2) is 24.3 Å². The first-order chi connectivity index (χ1) is 2.50. The van der Waals surface area contributed by atoms with Crippen molar-refractivity contribution in [2.75, 3.05) is 0 Å². The molecule has 0 bridgehead atoms. The minimum Gasteiger partial charge on any atom is -0.147 e. The second-order valence-corrected chi connectivity index (χ2v) is 1.09. The van der Waals surface area contributed by atoms with Gasteiger partial charge in [-0.2, -0.15) is 0 Å². The van der Waals surface area contributed by atoms with Gasteiger partial charge >= 0.3 is 0 Å². The van der Waals surface area contributed by atoms with Crippen LogP contribution < -0.4 is 0 Å². The van der Waals surface area contributed by atoms with Gasteiger partial charge in [-0.25, -0.2) is 0 Å². The van der Waals surface area contributed by atoms with Crippen LogP contribution in [0.1, 0.15) is 6.42 Å². The Kier molecular flexibility index (Phi) is 2.87. The minimum absolute atomic E-state index is 0.